The lowest BCUT2D eigenvalue weighted by Gasteiger charge is -2.00. The lowest BCUT2D eigenvalue weighted by Crippen LogP contribution is -2.13. The first-order valence-electron chi connectivity index (χ1n) is 7.36. The molecule has 0 radical (unpaired) electrons. The number of amides is 1. The largest absolute Gasteiger partial charge is 0.451 e. The summed E-state index contributed by atoms with van der Waals surface area (Å²) in [5.41, 5.74) is 2.76. The summed E-state index contributed by atoms with van der Waals surface area (Å²) in [4.78, 5) is 17.3. The molecule has 0 unspecified atom stereocenters. The zero-order valence-corrected chi connectivity index (χ0v) is 14.6. The van der Waals surface area contributed by atoms with Gasteiger partial charge >= 0.3 is 5.91 Å². The molecule has 0 aliphatic heterocycles. The van der Waals surface area contributed by atoms with Crippen molar-refractivity contribution in [2.45, 2.75) is 6.92 Å². The Morgan fingerprint density at radius 2 is 2.04 bits per heavy atom. The highest BCUT2D eigenvalue weighted by Crippen LogP contribution is 2.25. The number of nitrogens with zero attached hydrogens (tertiary/aromatic N) is 2. The van der Waals surface area contributed by atoms with E-state index in [9.17, 15) is 4.79 Å². The van der Waals surface area contributed by atoms with Crippen LogP contribution in [0.3, 0.4) is 0 Å². The van der Waals surface area contributed by atoms with Gasteiger partial charge in [-0.25, -0.2) is 0 Å². The Hall–Kier alpha value is -2.37. The molecule has 2 heterocycles. The number of thiazole rings is 1. The number of hydrogen-bond acceptors (Lipinski definition) is 3. The number of para-hydroxylation sites is 1. The summed E-state index contributed by atoms with van der Waals surface area (Å²) < 4.78 is 8.50. The van der Waals surface area contributed by atoms with Gasteiger partial charge in [0.25, 0.3) is 0 Å². The quantitative estimate of drug-likeness (QED) is 0.496. The highest BCUT2D eigenvalue weighted by Gasteiger charge is 2.13. The van der Waals surface area contributed by atoms with Gasteiger partial charge in [0.2, 0.25) is 0 Å². The Balaban J connectivity index is 1.85. The van der Waals surface area contributed by atoms with Crippen LogP contribution in [0.5, 0.6) is 0 Å². The van der Waals surface area contributed by atoms with Crippen LogP contribution in [-0.4, -0.2) is 10.5 Å². The van der Waals surface area contributed by atoms with Crippen molar-refractivity contribution in [3.05, 3.63) is 63.6 Å². The van der Waals surface area contributed by atoms with Gasteiger partial charge in [0.15, 0.2) is 10.6 Å². The van der Waals surface area contributed by atoms with E-state index in [1.165, 1.54) is 11.3 Å². The van der Waals surface area contributed by atoms with Gasteiger partial charge in [0.05, 0.1) is 10.2 Å². The van der Waals surface area contributed by atoms with Gasteiger partial charge in [0, 0.05) is 17.5 Å². The normalized spacial score (nSPS) is 12.4. The van der Waals surface area contributed by atoms with Crippen LogP contribution < -0.4 is 4.80 Å². The van der Waals surface area contributed by atoms with Gasteiger partial charge in [-0.05, 0) is 36.8 Å². The van der Waals surface area contributed by atoms with Crippen molar-refractivity contribution >= 4 is 50.0 Å². The molecule has 0 saturated heterocycles. The number of furan rings is 1. The number of benzene rings is 2. The maximum absolute atomic E-state index is 12.5. The molecule has 120 valence electrons. The first-order chi connectivity index (χ1) is 11.5. The molecule has 4 nitrogen and oxygen atoms in total. The zero-order chi connectivity index (χ0) is 16.8. The van der Waals surface area contributed by atoms with Crippen LogP contribution >= 0.6 is 22.9 Å². The SMILES string of the molecule is Cc1cc(Cl)cc2sc(=NC(=O)c3cc4ccccc4o3)n(C)c12. The average molecular weight is 357 g/mol. The van der Waals surface area contributed by atoms with E-state index < -0.39 is 5.91 Å². The van der Waals surface area contributed by atoms with Crippen LogP contribution in [-0.2, 0) is 7.05 Å². The van der Waals surface area contributed by atoms with Gasteiger partial charge in [-0.3, -0.25) is 4.79 Å². The second-order valence-electron chi connectivity index (χ2n) is 5.58. The molecular formula is C18H13ClN2O2S. The van der Waals surface area contributed by atoms with Gasteiger partial charge in [0.1, 0.15) is 5.58 Å². The van der Waals surface area contributed by atoms with Crippen molar-refractivity contribution in [3.8, 4) is 0 Å². The van der Waals surface area contributed by atoms with E-state index in [1.807, 2.05) is 54.9 Å². The van der Waals surface area contributed by atoms with Crippen molar-refractivity contribution in [2.75, 3.05) is 0 Å². The van der Waals surface area contributed by atoms with E-state index in [-0.39, 0.29) is 5.76 Å². The van der Waals surface area contributed by atoms with Crippen LogP contribution in [0.25, 0.3) is 21.2 Å². The molecule has 0 N–H and O–H groups in total. The topological polar surface area (TPSA) is 47.5 Å². The zero-order valence-electron chi connectivity index (χ0n) is 13.0. The number of rotatable bonds is 1. The molecular weight excluding hydrogens is 344 g/mol. The van der Waals surface area contributed by atoms with E-state index >= 15 is 0 Å². The fourth-order valence-electron chi connectivity index (χ4n) is 2.80. The number of aromatic nitrogens is 1. The number of carbonyl (C=O) groups is 1. The highest BCUT2D eigenvalue weighted by atomic mass is 35.5. The van der Waals surface area contributed by atoms with Gasteiger partial charge in [-0.15, -0.1) is 0 Å². The fourth-order valence-corrected chi connectivity index (χ4v) is 4.27. The van der Waals surface area contributed by atoms with E-state index in [4.69, 9.17) is 16.0 Å². The molecule has 0 atom stereocenters. The van der Waals surface area contributed by atoms with Crippen molar-refractivity contribution in [1.29, 1.82) is 0 Å². The van der Waals surface area contributed by atoms with Crippen molar-refractivity contribution in [3.63, 3.8) is 0 Å². The molecule has 0 aliphatic carbocycles. The van der Waals surface area contributed by atoms with Crippen LogP contribution in [0.4, 0.5) is 0 Å². The average Bonchev–Trinajstić information content (AvgIpc) is 3.09. The van der Waals surface area contributed by atoms with Crippen LogP contribution in [0.1, 0.15) is 16.1 Å². The van der Waals surface area contributed by atoms with Crippen molar-refractivity contribution in [2.24, 2.45) is 12.0 Å². The third kappa shape index (κ3) is 2.46. The Morgan fingerprint density at radius 3 is 2.83 bits per heavy atom. The monoisotopic (exact) mass is 356 g/mol. The van der Waals surface area contributed by atoms with Crippen molar-refractivity contribution < 1.29 is 9.21 Å². The first-order valence-corrected chi connectivity index (χ1v) is 8.56. The molecule has 0 saturated carbocycles. The smallest absolute Gasteiger partial charge is 0.315 e. The standard InChI is InChI=1S/C18H13ClN2O2S/c1-10-7-12(19)9-15-16(10)21(2)18(24-15)20-17(22)14-8-11-5-3-4-6-13(11)23-14/h3-9H,1-2H3. The molecule has 0 bridgehead atoms. The summed E-state index contributed by atoms with van der Waals surface area (Å²) in [5.74, 6) is -0.152. The Kier molecular flexibility index (Phi) is 3.55. The lowest BCUT2D eigenvalue weighted by molar-refractivity contribution is 0.0973. The second-order valence-corrected chi connectivity index (χ2v) is 7.02. The number of aryl methyl sites for hydroxylation is 2. The second kappa shape index (κ2) is 5.61. The minimum Gasteiger partial charge on any atom is -0.451 e. The maximum Gasteiger partial charge on any atom is 0.315 e. The summed E-state index contributed by atoms with van der Waals surface area (Å²) >= 11 is 7.55. The molecule has 4 aromatic rings. The van der Waals surface area contributed by atoms with E-state index in [2.05, 4.69) is 4.99 Å². The first kappa shape index (κ1) is 15.2. The van der Waals surface area contributed by atoms with Gasteiger partial charge < -0.3 is 8.98 Å². The fraction of sp³-hybridized carbons (Fsp3) is 0.111. The number of fused-ring (bicyclic) bond motifs is 2. The summed E-state index contributed by atoms with van der Waals surface area (Å²) in [6.07, 6.45) is 0. The van der Waals surface area contributed by atoms with Gasteiger partial charge in [-0.2, -0.15) is 4.99 Å². The molecule has 4 rings (SSSR count). The molecule has 1 amide bonds. The molecule has 2 aromatic heterocycles. The molecule has 6 heteroatoms. The number of carbonyl (C=O) groups excluding carboxylic acids is 1. The van der Waals surface area contributed by atoms with E-state index in [1.54, 1.807) is 6.07 Å². The number of halogens is 1. The van der Waals surface area contributed by atoms with Crippen LogP contribution in [0.15, 0.2) is 51.9 Å². The Bertz CT molecular complexity index is 1130. The molecule has 0 aliphatic rings. The molecule has 0 fully saturated rings. The molecule has 0 spiro atoms. The van der Waals surface area contributed by atoms with Crippen molar-refractivity contribution in [1.82, 2.24) is 4.57 Å². The number of hydrogen-bond donors (Lipinski definition) is 0. The predicted octanol–water partition coefficient (Wildman–Crippen LogP) is 4.69. The molecule has 2 aromatic carbocycles. The Morgan fingerprint density at radius 1 is 1.25 bits per heavy atom. The predicted molar refractivity (Wildman–Crippen MR) is 96.7 cm³/mol. The van der Waals surface area contributed by atoms with E-state index in [0.717, 1.165) is 21.2 Å². The third-order valence-corrected chi connectivity index (χ3v) is 5.18. The summed E-state index contributed by atoms with van der Waals surface area (Å²) in [6.45, 7) is 1.99. The summed E-state index contributed by atoms with van der Waals surface area (Å²) in [6, 6.07) is 13.0. The minimum absolute atomic E-state index is 0.239. The maximum atomic E-state index is 12.5. The van der Waals surface area contributed by atoms with Gasteiger partial charge in [-0.1, -0.05) is 41.1 Å². The molecule has 24 heavy (non-hydrogen) atoms. The third-order valence-electron chi connectivity index (χ3n) is 3.89. The summed E-state index contributed by atoms with van der Waals surface area (Å²) in [7, 11) is 1.89. The van der Waals surface area contributed by atoms with Crippen LogP contribution in [0, 0.1) is 6.92 Å². The highest BCUT2D eigenvalue weighted by molar-refractivity contribution is 7.16. The van der Waals surface area contributed by atoms with E-state index in [0.29, 0.717) is 15.4 Å². The Labute approximate surface area is 146 Å². The van der Waals surface area contributed by atoms with Crippen LogP contribution in [0.2, 0.25) is 5.02 Å². The summed E-state index contributed by atoms with van der Waals surface area (Å²) in [5, 5.41) is 1.57. The minimum atomic E-state index is -0.392. The lowest BCUT2D eigenvalue weighted by atomic mass is 10.2.